The van der Waals surface area contributed by atoms with E-state index < -0.39 is 11.6 Å². The molecule has 1 atom stereocenters. The van der Waals surface area contributed by atoms with E-state index in [1.54, 1.807) is 14.0 Å². The summed E-state index contributed by atoms with van der Waals surface area (Å²) < 4.78 is 26.2. The molecule has 0 aromatic heterocycles. The van der Waals surface area contributed by atoms with E-state index in [0.29, 0.717) is 5.56 Å². The summed E-state index contributed by atoms with van der Waals surface area (Å²) in [7, 11) is 1.62. The molecule has 3 N–H and O–H groups in total. The van der Waals surface area contributed by atoms with Gasteiger partial charge in [0.2, 0.25) is 0 Å². The summed E-state index contributed by atoms with van der Waals surface area (Å²) in [4.78, 5) is 13.2. The quantitative estimate of drug-likeness (QED) is 0.834. The number of likely N-dealkylation sites (N-methyl/N-ethyl adjacent to an activating group) is 1. The van der Waals surface area contributed by atoms with Gasteiger partial charge in [-0.1, -0.05) is 6.07 Å². The zero-order chi connectivity index (χ0) is 13.4. The number of nitrogens with one attached hydrogen (secondary N) is 1. The van der Waals surface area contributed by atoms with E-state index in [0.717, 1.165) is 23.4 Å². The third kappa shape index (κ3) is 2.58. The van der Waals surface area contributed by atoms with Gasteiger partial charge >= 0.3 is 6.03 Å². The highest BCUT2D eigenvalue weighted by Crippen LogP contribution is 2.32. The molecule has 0 aliphatic carbocycles. The maximum Gasteiger partial charge on any atom is 0.322 e. The fourth-order valence-corrected chi connectivity index (χ4v) is 2.12. The minimum Gasteiger partial charge on any atom is -0.412 e. The van der Waals surface area contributed by atoms with Gasteiger partial charge in [0.15, 0.2) is 11.6 Å². The molecule has 1 aliphatic heterocycles. The molecular formula is C13H16F2N2O2. The van der Waals surface area contributed by atoms with Crippen LogP contribution in [0.5, 0.6) is 0 Å². The Balaban J connectivity index is 0.00000180. The first kappa shape index (κ1) is 15.1. The van der Waals surface area contributed by atoms with Gasteiger partial charge in [0.25, 0.3) is 0 Å². The summed E-state index contributed by atoms with van der Waals surface area (Å²) in [5, 5.41) is 2.70. The highest BCUT2D eigenvalue weighted by molar-refractivity contribution is 5.78. The topological polar surface area (TPSA) is 63.8 Å². The van der Waals surface area contributed by atoms with Gasteiger partial charge in [-0.2, -0.15) is 0 Å². The van der Waals surface area contributed by atoms with Gasteiger partial charge < -0.3 is 15.7 Å². The lowest BCUT2D eigenvalue weighted by Crippen LogP contribution is -2.44. The van der Waals surface area contributed by atoms with Gasteiger partial charge in [0.05, 0.1) is 6.04 Å². The Labute approximate surface area is 110 Å². The van der Waals surface area contributed by atoms with E-state index in [-0.39, 0.29) is 17.5 Å². The molecule has 4 nitrogen and oxygen atoms in total. The van der Waals surface area contributed by atoms with Gasteiger partial charge in [-0.05, 0) is 37.1 Å². The van der Waals surface area contributed by atoms with Crippen molar-refractivity contribution in [3.8, 4) is 0 Å². The molecule has 1 aromatic carbocycles. The average Bonchev–Trinajstić information content (AvgIpc) is 2.31. The second kappa shape index (κ2) is 5.36. The Bertz CT molecular complexity index is 543. The third-order valence-electron chi connectivity index (χ3n) is 3.26. The number of benzene rings is 1. The van der Waals surface area contributed by atoms with Crippen molar-refractivity contribution in [3.05, 3.63) is 46.7 Å². The number of hydrogen-bond acceptors (Lipinski definition) is 1. The summed E-state index contributed by atoms with van der Waals surface area (Å²) in [5.74, 6) is -1.79. The zero-order valence-electron chi connectivity index (χ0n) is 10.9. The van der Waals surface area contributed by atoms with Crippen LogP contribution in [0.15, 0.2) is 29.5 Å². The molecule has 1 heterocycles. The predicted octanol–water partition coefficient (Wildman–Crippen LogP) is 2.13. The Hall–Kier alpha value is -1.95. The molecule has 1 aromatic rings. The maximum atomic E-state index is 13.3. The van der Waals surface area contributed by atoms with Gasteiger partial charge in [-0.15, -0.1) is 0 Å². The van der Waals surface area contributed by atoms with Crippen molar-refractivity contribution in [2.24, 2.45) is 0 Å². The second-order valence-electron chi connectivity index (χ2n) is 4.43. The number of hydrogen-bond donors (Lipinski definition) is 1. The largest absolute Gasteiger partial charge is 0.412 e. The number of nitrogens with zero attached hydrogens (tertiary/aromatic N) is 1. The van der Waals surface area contributed by atoms with Crippen LogP contribution in [0, 0.1) is 11.6 Å². The molecule has 0 bridgehead atoms. The van der Waals surface area contributed by atoms with Crippen LogP contribution >= 0.6 is 0 Å². The lowest BCUT2D eigenvalue weighted by atomic mass is 9.95. The molecule has 0 spiro atoms. The Morgan fingerprint density at radius 3 is 2.42 bits per heavy atom. The van der Waals surface area contributed by atoms with Crippen LogP contribution in [-0.2, 0) is 0 Å². The minimum atomic E-state index is -0.905. The standard InChI is InChI=1S/C13H14F2N2O.H2O/c1-7-8(2)16-13(18)17(3)12(7)9-4-5-10(14)11(15)6-9;/h4-6,12H,1-3H3,(H,16,18);1H2. The average molecular weight is 270 g/mol. The van der Waals surface area contributed by atoms with Gasteiger partial charge in [0.1, 0.15) is 0 Å². The molecule has 2 amide bonds. The van der Waals surface area contributed by atoms with Crippen molar-refractivity contribution < 1.29 is 19.1 Å². The molecular weight excluding hydrogens is 254 g/mol. The SMILES string of the molecule is CC1=C(C)C(c2ccc(F)c(F)c2)N(C)C(=O)N1.O. The van der Waals surface area contributed by atoms with Crippen molar-refractivity contribution in [3.63, 3.8) is 0 Å². The minimum absolute atomic E-state index is 0. The molecule has 104 valence electrons. The van der Waals surface area contributed by atoms with E-state index in [4.69, 9.17) is 0 Å². The van der Waals surface area contributed by atoms with Gasteiger partial charge in [-0.25, -0.2) is 13.6 Å². The van der Waals surface area contributed by atoms with E-state index in [9.17, 15) is 13.6 Å². The second-order valence-corrected chi connectivity index (χ2v) is 4.43. The number of urea groups is 1. The monoisotopic (exact) mass is 270 g/mol. The first-order valence-electron chi connectivity index (χ1n) is 5.58. The van der Waals surface area contributed by atoms with E-state index in [2.05, 4.69) is 5.32 Å². The highest BCUT2D eigenvalue weighted by atomic mass is 19.2. The highest BCUT2D eigenvalue weighted by Gasteiger charge is 2.29. The molecule has 1 unspecified atom stereocenters. The normalized spacial score (nSPS) is 19.1. The molecule has 0 radical (unpaired) electrons. The van der Waals surface area contributed by atoms with Crippen LogP contribution in [0.3, 0.4) is 0 Å². The summed E-state index contributed by atoms with van der Waals surface area (Å²) in [6.45, 7) is 3.64. The Morgan fingerprint density at radius 1 is 1.21 bits per heavy atom. The van der Waals surface area contributed by atoms with Gasteiger partial charge in [0, 0.05) is 12.7 Å². The molecule has 1 aliphatic rings. The molecule has 2 rings (SSSR count). The smallest absolute Gasteiger partial charge is 0.322 e. The van der Waals surface area contributed by atoms with E-state index >= 15 is 0 Å². The number of carbonyl (C=O) groups is 1. The number of amides is 2. The summed E-state index contributed by atoms with van der Waals surface area (Å²) in [6.07, 6.45) is 0. The maximum absolute atomic E-state index is 13.3. The van der Waals surface area contributed by atoms with E-state index in [1.165, 1.54) is 11.0 Å². The molecule has 0 saturated carbocycles. The first-order valence-corrected chi connectivity index (χ1v) is 5.58. The lowest BCUT2D eigenvalue weighted by Gasteiger charge is -2.35. The number of allylic oxidation sites excluding steroid dienone is 1. The third-order valence-corrected chi connectivity index (χ3v) is 3.26. The summed E-state index contributed by atoms with van der Waals surface area (Å²) in [6, 6.07) is 3.08. The van der Waals surface area contributed by atoms with Crippen LogP contribution in [0.2, 0.25) is 0 Å². The number of carbonyl (C=O) groups excluding carboxylic acids is 1. The van der Waals surface area contributed by atoms with Crippen molar-refractivity contribution in [1.29, 1.82) is 0 Å². The number of halogens is 2. The van der Waals surface area contributed by atoms with Crippen molar-refractivity contribution >= 4 is 6.03 Å². The van der Waals surface area contributed by atoms with Crippen molar-refractivity contribution in [2.75, 3.05) is 7.05 Å². The summed E-state index contributed by atoms with van der Waals surface area (Å²) >= 11 is 0. The van der Waals surface area contributed by atoms with Crippen LogP contribution in [0.4, 0.5) is 13.6 Å². The molecule has 0 saturated heterocycles. The van der Waals surface area contributed by atoms with Crippen LogP contribution in [0.1, 0.15) is 25.5 Å². The Kier molecular flexibility index (Phi) is 4.26. The van der Waals surface area contributed by atoms with Crippen LogP contribution < -0.4 is 5.32 Å². The van der Waals surface area contributed by atoms with E-state index in [1.807, 2.05) is 6.92 Å². The zero-order valence-corrected chi connectivity index (χ0v) is 10.9. The van der Waals surface area contributed by atoms with Crippen molar-refractivity contribution in [1.82, 2.24) is 10.2 Å². The molecule has 19 heavy (non-hydrogen) atoms. The number of rotatable bonds is 1. The molecule has 6 heteroatoms. The van der Waals surface area contributed by atoms with Crippen LogP contribution in [0.25, 0.3) is 0 Å². The predicted molar refractivity (Wildman–Crippen MR) is 67.4 cm³/mol. The first-order chi connectivity index (χ1) is 8.41. The molecule has 0 fully saturated rings. The van der Waals surface area contributed by atoms with Crippen LogP contribution in [-0.4, -0.2) is 23.5 Å². The Morgan fingerprint density at radius 2 is 1.84 bits per heavy atom. The summed E-state index contributed by atoms with van der Waals surface area (Å²) in [5.41, 5.74) is 2.21. The fourth-order valence-electron chi connectivity index (χ4n) is 2.12. The van der Waals surface area contributed by atoms with Gasteiger partial charge in [-0.3, -0.25) is 0 Å². The lowest BCUT2D eigenvalue weighted by molar-refractivity contribution is 0.194. The van der Waals surface area contributed by atoms with Crippen molar-refractivity contribution in [2.45, 2.75) is 19.9 Å². The fraction of sp³-hybridized carbons (Fsp3) is 0.308.